The van der Waals surface area contributed by atoms with E-state index >= 15 is 0 Å². The van der Waals surface area contributed by atoms with Gasteiger partial charge in [0, 0.05) is 39.9 Å². The number of hydrogen-bond acceptors (Lipinski definition) is 4. The van der Waals surface area contributed by atoms with Crippen LogP contribution in [0.3, 0.4) is 0 Å². The van der Waals surface area contributed by atoms with Gasteiger partial charge in [0.15, 0.2) is 0 Å². The van der Waals surface area contributed by atoms with Crippen molar-refractivity contribution in [2.45, 2.75) is 26.3 Å². The lowest BCUT2D eigenvalue weighted by Gasteiger charge is -2.31. The number of hydrogen-bond donors (Lipinski definition) is 1. The molecule has 0 rings (SSSR count). The van der Waals surface area contributed by atoms with Crippen molar-refractivity contribution < 1.29 is 9.47 Å². The molecule has 16 heavy (non-hydrogen) atoms. The van der Waals surface area contributed by atoms with Crippen LogP contribution >= 0.6 is 0 Å². The molecule has 4 nitrogen and oxygen atoms in total. The fraction of sp³-hybridized carbons (Fsp3) is 1.00. The molecule has 0 aliphatic heterocycles. The fourth-order valence-electron chi connectivity index (χ4n) is 1.83. The summed E-state index contributed by atoms with van der Waals surface area (Å²) < 4.78 is 10.3. The third-order valence-electron chi connectivity index (χ3n) is 2.70. The molecule has 0 aromatic carbocycles. The predicted octanol–water partition coefficient (Wildman–Crippen LogP) is 0.955. The molecule has 0 saturated carbocycles. The molecule has 4 heteroatoms. The minimum absolute atomic E-state index is 0.435. The standard InChI is InChI=1S/C12H28N2O2/c1-11(2)9-12(10-13)14(5-7-15-3)6-8-16-4/h11-12H,5-10,13H2,1-4H3. The van der Waals surface area contributed by atoms with Crippen molar-refractivity contribution in [3.8, 4) is 0 Å². The molecule has 2 N–H and O–H groups in total. The van der Waals surface area contributed by atoms with E-state index in [2.05, 4.69) is 18.7 Å². The van der Waals surface area contributed by atoms with Crippen molar-refractivity contribution in [3.05, 3.63) is 0 Å². The molecule has 0 bridgehead atoms. The Kier molecular flexibility index (Phi) is 9.92. The first-order chi connectivity index (χ1) is 7.65. The fourth-order valence-corrected chi connectivity index (χ4v) is 1.83. The van der Waals surface area contributed by atoms with E-state index in [1.807, 2.05) is 0 Å². The van der Waals surface area contributed by atoms with Crippen LogP contribution in [0.15, 0.2) is 0 Å². The Labute approximate surface area is 100 Å². The van der Waals surface area contributed by atoms with Gasteiger partial charge in [0.1, 0.15) is 0 Å². The Hall–Kier alpha value is -0.160. The molecule has 0 aromatic heterocycles. The van der Waals surface area contributed by atoms with E-state index in [-0.39, 0.29) is 0 Å². The maximum absolute atomic E-state index is 5.84. The SMILES string of the molecule is COCCN(CCOC)C(CN)CC(C)C. The Morgan fingerprint density at radius 2 is 1.56 bits per heavy atom. The average molecular weight is 232 g/mol. The lowest BCUT2D eigenvalue weighted by molar-refractivity contribution is 0.0824. The highest BCUT2D eigenvalue weighted by Gasteiger charge is 2.17. The van der Waals surface area contributed by atoms with E-state index in [0.717, 1.165) is 32.7 Å². The van der Waals surface area contributed by atoms with Crippen LogP contribution < -0.4 is 5.73 Å². The van der Waals surface area contributed by atoms with Crippen LogP contribution in [0, 0.1) is 5.92 Å². The Morgan fingerprint density at radius 1 is 1.06 bits per heavy atom. The molecule has 98 valence electrons. The second-order valence-corrected chi connectivity index (χ2v) is 4.54. The van der Waals surface area contributed by atoms with Crippen molar-refractivity contribution in [1.29, 1.82) is 0 Å². The lowest BCUT2D eigenvalue weighted by atomic mass is 10.0. The van der Waals surface area contributed by atoms with Gasteiger partial charge in [-0.15, -0.1) is 0 Å². The summed E-state index contributed by atoms with van der Waals surface area (Å²) in [5, 5.41) is 0. The molecular weight excluding hydrogens is 204 g/mol. The summed E-state index contributed by atoms with van der Waals surface area (Å²) in [6.07, 6.45) is 1.13. The van der Waals surface area contributed by atoms with Gasteiger partial charge in [0.2, 0.25) is 0 Å². The van der Waals surface area contributed by atoms with Crippen LogP contribution in [0.1, 0.15) is 20.3 Å². The zero-order chi connectivity index (χ0) is 12.4. The molecule has 0 saturated heterocycles. The molecule has 0 fully saturated rings. The predicted molar refractivity (Wildman–Crippen MR) is 67.6 cm³/mol. The van der Waals surface area contributed by atoms with E-state index in [0.29, 0.717) is 18.5 Å². The van der Waals surface area contributed by atoms with Gasteiger partial charge in [-0.25, -0.2) is 0 Å². The third kappa shape index (κ3) is 7.17. The number of methoxy groups -OCH3 is 2. The molecule has 0 aliphatic carbocycles. The first kappa shape index (κ1) is 15.8. The summed E-state index contributed by atoms with van der Waals surface area (Å²) in [5.41, 5.74) is 5.84. The highest BCUT2D eigenvalue weighted by atomic mass is 16.5. The summed E-state index contributed by atoms with van der Waals surface area (Å²) in [5.74, 6) is 0.668. The highest BCUT2D eigenvalue weighted by Crippen LogP contribution is 2.10. The van der Waals surface area contributed by atoms with Crippen molar-refractivity contribution in [2.75, 3.05) is 47.1 Å². The number of ether oxygens (including phenoxy) is 2. The lowest BCUT2D eigenvalue weighted by Crippen LogP contribution is -2.44. The normalized spacial score (nSPS) is 13.7. The van der Waals surface area contributed by atoms with Crippen LogP contribution in [0.4, 0.5) is 0 Å². The second-order valence-electron chi connectivity index (χ2n) is 4.54. The minimum atomic E-state index is 0.435. The average Bonchev–Trinajstić information content (AvgIpc) is 2.26. The first-order valence-electron chi connectivity index (χ1n) is 6.07. The van der Waals surface area contributed by atoms with E-state index in [9.17, 15) is 0 Å². The zero-order valence-electron chi connectivity index (χ0n) is 11.2. The van der Waals surface area contributed by atoms with Crippen LogP contribution in [-0.4, -0.2) is 58.0 Å². The molecule has 0 radical (unpaired) electrons. The molecule has 0 amide bonds. The minimum Gasteiger partial charge on any atom is -0.383 e. The largest absolute Gasteiger partial charge is 0.383 e. The quantitative estimate of drug-likeness (QED) is 0.609. The van der Waals surface area contributed by atoms with Crippen molar-refractivity contribution in [1.82, 2.24) is 4.90 Å². The smallest absolute Gasteiger partial charge is 0.0589 e. The topological polar surface area (TPSA) is 47.7 Å². The van der Waals surface area contributed by atoms with Gasteiger partial charge in [-0.2, -0.15) is 0 Å². The summed E-state index contributed by atoms with van der Waals surface area (Å²) in [4.78, 5) is 2.37. The maximum atomic E-state index is 5.84. The van der Waals surface area contributed by atoms with Crippen LogP contribution in [0.25, 0.3) is 0 Å². The van der Waals surface area contributed by atoms with Gasteiger partial charge in [-0.3, -0.25) is 4.90 Å². The van der Waals surface area contributed by atoms with Gasteiger partial charge < -0.3 is 15.2 Å². The Morgan fingerprint density at radius 3 is 1.88 bits per heavy atom. The summed E-state index contributed by atoms with van der Waals surface area (Å²) >= 11 is 0. The van der Waals surface area contributed by atoms with Crippen LogP contribution in [-0.2, 0) is 9.47 Å². The van der Waals surface area contributed by atoms with Gasteiger partial charge in [0.25, 0.3) is 0 Å². The Bertz CT molecular complexity index is 146. The van der Waals surface area contributed by atoms with Gasteiger partial charge in [-0.05, 0) is 12.3 Å². The maximum Gasteiger partial charge on any atom is 0.0589 e. The molecule has 1 atom stereocenters. The van der Waals surface area contributed by atoms with Gasteiger partial charge >= 0.3 is 0 Å². The molecular formula is C12H28N2O2. The molecule has 1 unspecified atom stereocenters. The van der Waals surface area contributed by atoms with E-state index in [1.54, 1.807) is 14.2 Å². The monoisotopic (exact) mass is 232 g/mol. The van der Waals surface area contributed by atoms with Crippen molar-refractivity contribution >= 4 is 0 Å². The van der Waals surface area contributed by atoms with Crippen LogP contribution in [0.5, 0.6) is 0 Å². The number of nitrogens with two attached hydrogens (primary N) is 1. The summed E-state index contributed by atoms with van der Waals surface area (Å²) in [7, 11) is 3.46. The molecule has 0 spiro atoms. The Balaban J connectivity index is 4.17. The summed E-state index contributed by atoms with van der Waals surface area (Å²) in [6.45, 7) is 8.51. The highest BCUT2D eigenvalue weighted by molar-refractivity contribution is 4.74. The van der Waals surface area contributed by atoms with Crippen molar-refractivity contribution in [2.24, 2.45) is 11.7 Å². The molecule has 0 heterocycles. The van der Waals surface area contributed by atoms with E-state index < -0.39 is 0 Å². The van der Waals surface area contributed by atoms with Crippen molar-refractivity contribution in [3.63, 3.8) is 0 Å². The molecule has 0 aliphatic rings. The van der Waals surface area contributed by atoms with Gasteiger partial charge in [0.05, 0.1) is 13.2 Å². The zero-order valence-corrected chi connectivity index (χ0v) is 11.2. The van der Waals surface area contributed by atoms with E-state index in [4.69, 9.17) is 15.2 Å². The number of nitrogens with zero attached hydrogens (tertiary/aromatic N) is 1. The summed E-state index contributed by atoms with van der Waals surface area (Å²) in [6, 6.07) is 0.435. The van der Waals surface area contributed by atoms with E-state index in [1.165, 1.54) is 0 Å². The molecule has 0 aromatic rings. The number of rotatable bonds is 10. The van der Waals surface area contributed by atoms with Crippen LogP contribution in [0.2, 0.25) is 0 Å². The van der Waals surface area contributed by atoms with Gasteiger partial charge in [-0.1, -0.05) is 13.8 Å². The first-order valence-corrected chi connectivity index (χ1v) is 6.07. The second kappa shape index (κ2) is 10.0. The third-order valence-corrected chi connectivity index (χ3v) is 2.70.